The van der Waals surface area contributed by atoms with Crippen LogP contribution in [0.4, 0.5) is 0 Å². The smallest absolute Gasteiger partial charge is 0.317 e. The van der Waals surface area contributed by atoms with Crippen LogP contribution in [0, 0.1) is 5.92 Å². The molecule has 2 N–H and O–H groups in total. The van der Waals surface area contributed by atoms with Gasteiger partial charge in [-0.2, -0.15) is 0 Å². The summed E-state index contributed by atoms with van der Waals surface area (Å²) < 4.78 is 0. The zero-order chi connectivity index (χ0) is 9.14. The molecular weight excluding hydrogens is 158 g/mol. The van der Waals surface area contributed by atoms with Gasteiger partial charge >= 0.3 is 5.97 Å². The Kier molecular flexibility index (Phi) is 3.05. The predicted octanol–water partition coefficient (Wildman–Crippen LogP) is -0.226. The summed E-state index contributed by atoms with van der Waals surface area (Å²) in [5.41, 5.74) is 0. The summed E-state index contributed by atoms with van der Waals surface area (Å²) in [6, 6.07) is 0. The zero-order valence-corrected chi connectivity index (χ0v) is 7.23. The van der Waals surface area contributed by atoms with Crippen LogP contribution in [0.25, 0.3) is 0 Å². The molecule has 1 heterocycles. The molecule has 0 unspecified atom stereocenters. The van der Waals surface area contributed by atoms with E-state index in [0.717, 1.165) is 0 Å². The van der Waals surface area contributed by atoms with E-state index >= 15 is 0 Å². The highest BCUT2D eigenvalue weighted by molar-refractivity contribution is 5.69. The minimum Gasteiger partial charge on any atom is -0.480 e. The van der Waals surface area contributed by atoms with Crippen molar-refractivity contribution in [3.05, 3.63) is 0 Å². The molecule has 1 rings (SSSR count). The van der Waals surface area contributed by atoms with Crippen LogP contribution < -0.4 is 0 Å². The highest BCUT2D eigenvalue weighted by Crippen LogP contribution is 2.15. The van der Waals surface area contributed by atoms with Gasteiger partial charge in [0.1, 0.15) is 0 Å². The van der Waals surface area contributed by atoms with Gasteiger partial charge in [-0.25, -0.2) is 0 Å². The van der Waals surface area contributed by atoms with Gasteiger partial charge in [-0.3, -0.25) is 9.69 Å². The first kappa shape index (κ1) is 9.48. The van der Waals surface area contributed by atoms with Crippen LogP contribution in [0.5, 0.6) is 0 Å². The topological polar surface area (TPSA) is 60.8 Å². The summed E-state index contributed by atoms with van der Waals surface area (Å²) in [6.07, 6.45) is 0.434. The first-order chi connectivity index (χ1) is 5.59. The lowest BCUT2D eigenvalue weighted by Gasteiger charge is -2.33. The molecule has 1 fully saturated rings. The van der Waals surface area contributed by atoms with Crippen molar-refractivity contribution < 1.29 is 15.0 Å². The second-order valence-corrected chi connectivity index (χ2v) is 3.46. The number of aliphatic carboxylic acids is 1. The standard InChI is InChI=1S/C8H15NO3/c1-6-4-9(5-8(11)12)3-2-7(6)10/h6-7,10H,2-5H2,1H3,(H,11,12)/t6-,7-/m0/s1. The number of aliphatic hydroxyl groups excluding tert-OH is 1. The van der Waals surface area contributed by atoms with Crippen LogP contribution in [0.15, 0.2) is 0 Å². The predicted molar refractivity (Wildman–Crippen MR) is 43.9 cm³/mol. The van der Waals surface area contributed by atoms with Crippen LogP contribution in [0.2, 0.25) is 0 Å². The minimum atomic E-state index is -0.793. The first-order valence-corrected chi connectivity index (χ1v) is 4.22. The molecule has 12 heavy (non-hydrogen) atoms. The second kappa shape index (κ2) is 3.87. The Morgan fingerprint density at radius 2 is 2.33 bits per heavy atom. The van der Waals surface area contributed by atoms with Gasteiger partial charge in [-0.05, 0) is 12.3 Å². The average molecular weight is 173 g/mol. The lowest BCUT2D eigenvalue weighted by Crippen LogP contribution is -2.43. The number of rotatable bonds is 2. The number of likely N-dealkylation sites (tertiary alicyclic amines) is 1. The molecule has 0 aliphatic carbocycles. The third-order valence-electron chi connectivity index (χ3n) is 2.30. The summed E-state index contributed by atoms with van der Waals surface area (Å²) in [5, 5.41) is 17.9. The molecule has 1 aliphatic rings. The fourth-order valence-corrected chi connectivity index (χ4v) is 1.55. The van der Waals surface area contributed by atoms with Gasteiger partial charge in [0.15, 0.2) is 0 Å². The summed E-state index contributed by atoms with van der Waals surface area (Å²) in [5.74, 6) is -0.600. The van der Waals surface area contributed by atoms with Gasteiger partial charge in [0.05, 0.1) is 12.6 Å². The number of carboxylic acids is 1. The van der Waals surface area contributed by atoms with Crippen molar-refractivity contribution >= 4 is 5.97 Å². The van der Waals surface area contributed by atoms with Crippen molar-refractivity contribution in [2.24, 2.45) is 5.92 Å². The minimum absolute atomic E-state index is 0.0943. The number of aliphatic hydroxyl groups is 1. The third kappa shape index (κ3) is 2.46. The number of carboxylic acid groups (broad SMARTS) is 1. The van der Waals surface area contributed by atoms with E-state index in [9.17, 15) is 9.90 Å². The van der Waals surface area contributed by atoms with Crippen molar-refractivity contribution in [3.63, 3.8) is 0 Å². The van der Waals surface area contributed by atoms with Crippen LogP contribution in [0.3, 0.4) is 0 Å². The molecule has 0 aromatic heterocycles. The molecule has 0 radical (unpaired) electrons. The van der Waals surface area contributed by atoms with Gasteiger partial charge in [0.2, 0.25) is 0 Å². The quantitative estimate of drug-likeness (QED) is 0.605. The largest absolute Gasteiger partial charge is 0.480 e. The Morgan fingerprint density at radius 3 is 2.83 bits per heavy atom. The SMILES string of the molecule is C[C@H]1CN(CC(=O)O)CC[C@@H]1O. The fraction of sp³-hybridized carbons (Fsp3) is 0.875. The van der Waals surface area contributed by atoms with E-state index in [2.05, 4.69) is 0 Å². The number of carbonyl (C=O) groups is 1. The van der Waals surface area contributed by atoms with E-state index in [-0.39, 0.29) is 18.6 Å². The van der Waals surface area contributed by atoms with E-state index in [0.29, 0.717) is 19.5 Å². The van der Waals surface area contributed by atoms with Gasteiger partial charge in [0.25, 0.3) is 0 Å². The van der Waals surface area contributed by atoms with E-state index < -0.39 is 5.97 Å². The van der Waals surface area contributed by atoms with Crippen LogP contribution >= 0.6 is 0 Å². The van der Waals surface area contributed by atoms with E-state index in [1.165, 1.54) is 0 Å². The number of nitrogens with zero attached hydrogens (tertiary/aromatic N) is 1. The maximum absolute atomic E-state index is 10.4. The Morgan fingerprint density at radius 1 is 1.67 bits per heavy atom. The Hall–Kier alpha value is -0.610. The van der Waals surface area contributed by atoms with Gasteiger partial charge in [-0.1, -0.05) is 6.92 Å². The first-order valence-electron chi connectivity index (χ1n) is 4.22. The monoisotopic (exact) mass is 173 g/mol. The van der Waals surface area contributed by atoms with Crippen LogP contribution in [0.1, 0.15) is 13.3 Å². The molecule has 0 spiro atoms. The third-order valence-corrected chi connectivity index (χ3v) is 2.30. The summed E-state index contributed by atoms with van der Waals surface area (Å²) in [6.45, 7) is 3.42. The molecule has 0 aromatic carbocycles. The molecular formula is C8H15NO3. The maximum Gasteiger partial charge on any atom is 0.317 e. The second-order valence-electron chi connectivity index (χ2n) is 3.46. The van der Waals surface area contributed by atoms with E-state index in [1.54, 1.807) is 0 Å². The molecule has 0 aromatic rings. The van der Waals surface area contributed by atoms with Crippen molar-refractivity contribution in [2.75, 3.05) is 19.6 Å². The van der Waals surface area contributed by atoms with Crippen molar-refractivity contribution in [1.29, 1.82) is 0 Å². The number of piperidine rings is 1. The Bertz CT molecular complexity index is 172. The summed E-state index contributed by atoms with van der Waals surface area (Å²) >= 11 is 0. The fourth-order valence-electron chi connectivity index (χ4n) is 1.55. The summed E-state index contributed by atoms with van der Waals surface area (Å²) in [4.78, 5) is 12.2. The molecule has 4 nitrogen and oxygen atoms in total. The van der Waals surface area contributed by atoms with Crippen molar-refractivity contribution in [1.82, 2.24) is 4.90 Å². The normalized spacial score (nSPS) is 31.8. The molecule has 0 amide bonds. The highest BCUT2D eigenvalue weighted by Gasteiger charge is 2.24. The van der Waals surface area contributed by atoms with E-state index in [1.807, 2.05) is 11.8 Å². The molecule has 4 heteroatoms. The Balaban J connectivity index is 2.35. The lowest BCUT2D eigenvalue weighted by molar-refractivity contribution is -0.139. The molecule has 1 aliphatic heterocycles. The molecule has 2 atom stereocenters. The highest BCUT2D eigenvalue weighted by atomic mass is 16.4. The Labute approximate surface area is 71.8 Å². The summed E-state index contributed by atoms with van der Waals surface area (Å²) in [7, 11) is 0. The average Bonchev–Trinajstić information content (AvgIpc) is 1.96. The van der Waals surface area contributed by atoms with Gasteiger partial charge in [-0.15, -0.1) is 0 Å². The van der Waals surface area contributed by atoms with Crippen LogP contribution in [-0.4, -0.2) is 46.8 Å². The van der Waals surface area contributed by atoms with Crippen molar-refractivity contribution in [2.45, 2.75) is 19.4 Å². The molecule has 0 bridgehead atoms. The van der Waals surface area contributed by atoms with E-state index in [4.69, 9.17) is 5.11 Å². The van der Waals surface area contributed by atoms with Crippen LogP contribution in [-0.2, 0) is 4.79 Å². The zero-order valence-electron chi connectivity index (χ0n) is 7.23. The number of hydrogen-bond donors (Lipinski definition) is 2. The van der Waals surface area contributed by atoms with Gasteiger partial charge in [0, 0.05) is 13.1 Å². The van der Waals surface area contributed by atoms with Gasteiger partial charge < -0.3 is 10.2 Å². The molecule has 70 valence electrons. The van der Waals surface area contributed by atoms with Crippen molar-refractivity contribution in [3.8, 4) is 0 Å². The molecule has 0 saturated carbocycles. The lowest BCUT2D eigenvalue weighted by atomic mass is 9.97. The molecule has 1 saturated heterocycles. The maximum atomic E-state index is 10.4. The number of hydrogen-bond acceptors (Lipinski definition) is 3.